The van der Waals surface area contributed by atoms with Gasteiger partial charge in [-0.2, -0.15) is 0 Å². The van der Waals surface area contributed by atoms with Crippen LogP contribution in [0.2, 0.25) is 0 Å². The van der Waals surface area contributed by atoms with Crippen molar-refractivity contribution >= 4 is 11.6 Å². The molecule has 0 bridgehead atoms. The van der Waals surface area contributed by atoms with Crippen LogP contribution in [0, 0.1) is 11.8 Å². The number of halogens is 1. The highest BCUT2D eigenvalue weighted by molar-refractivity contribution is 6.17. The van der Waals surface area contributed by atoms with Gasteiger partial charge in [0.25, 0.3) is 0 Å². The Morgan fingerprint density at radius 2 is 1.79 bits per heavy atom. The predicted octanol–water partition coefficient (Wildman–Crippen LogP) is 3.62. The third-order valence-corrected chi connectivity index (χ3v) is 2.83. The van der Waals surface area contributed by atoms with Crippen molar-refractivity contribution in [2.75, 3.05) is 25.5 Å². The largest absolute Gasteiger partial charge is 0.303 e. The number of hydrogen-bond donors (Lipinski definition) is 0. The number of alkyl halides is 1. The smallest absolute Gasteiger partial charge is 0.0225 e. The number of nitrogens with zero attached hydrogens (tertiary/aromatic N) is 1. The van der Waals surface area contributed by atoms with Crippen LogP contribution < -0.4 is 0 Å². The summed E-state index contributed by atoms with van der Waals surface area (Å²) in [6, 6.07) is 0. The molecule has 0 aliphatic rings. The monoisotopic (exact) mass is 219 g/mol. The molecule has 1 atom stereocenters. The van der Waals surface area contributed by atoms with E-state index in [2.05, 4.69) is 32.6 Å². The molecule has 0 aromatic rings. The second kappa shape index (κ2) is 8.55. The van der Waals surface area contributed by atoms with Crippen LogP contribution in [0.1, 0.15) is 40.5 Å². The third-order valence-electron chi connectivity index (χ3n) is 2.61. The zero-order valence-corrected chi connectivity index (χ0v) is 11.0. The molecule has 0 aliphatic carbocycles. The molecule has 2 heteroatoms. The fraction of sp³-hybridized carbons (Fsp3) is 1.00. The van der Waals surface area contributed by atoms with E-state index in [-0.39, 0.29) is 0 Å². The van der Waals surface area contributed by atoms with Gasteiger partial charge in [-0.3, -0.25) is 0 Å². The molecule has 0 saturated carbocycles. The van der Waals surface area contributed by atoms with Gasteiger partial charge in [-0.15, -0.1) is 11.6 Å². The molecule has 0 amide bonds. The van der Waals surface area contributed by atoms with Gasteiger partial charge in [-0.25, -0.2) is 0 Å². The van der Waals surface area contributed by atoms with Crippen molar-refractivity contribution in [2.24, 2.45) is 11.8 Å². The molecule has 0 heterocycles. The van der Waals surface area contributed by atoms with E-state index in [4.69, 9.17) is 11.6 Å². The van der Waals surface area contributed by atoms with Gasteiger partial charge >= 0.3 is 0 Å². The molecule has 0 radical (unpaired) electrons. The lowest BCUT2D eigenvalue weighted by molar-refractivity contribution is 0.239. The molecular weight excluding hydrogens is 194 g/mol. The molecule has 0 saturated heterocycles. The Balaban J connectivity index is 3.60. The summed E-state index contributed by atoms with van der Waals surface area (Å²) in [5, 5.41) is 0. The molecule has 86 valence electrons. The molecule has 1 nitrogen and oxygen atoms in total. The van der Waals surface area contributed by atoms with Crippen molar-refractivity contribution in [2.45, 2.75) is 40.5 Å². The first-order valence-electron chi connectivity index (χ1n) is 5.88. The van der Waals surface area contributed by atoms with Crippen molar-refractivity contribution in [3.8, 4) is 0 Å². The van der Waals surface area contributed by atoms with Crippen molar-refractivity contribution in [3.05, 3.63) is 0 Å². The second-order valence-corrected chi connectivity index (χ2v) is 5.04. The minimum atomic E-state index is 0.772. The zero-order chi connectivity index (χ0) is 11.0. The van der Waals surface area contributed by atoms with Crippen LogP contribution in [0.5, 0.6) is 0 Å². The molecule has 0 rings (SSSR count). The molecule has 0 aromatic carbocycles. The molecule has 0 aliphatic heterocycles. The molecule has 0 spiro atoms. The average Bonchev–Trinajstić information content (AvgIpc) is 2.12. The maximum atomic E-state index is 5.72. The fourth-order valence-electron chi connectivity index (χ4n) is 1.63. The highest BCUT2D eigenvalue weighted by Gasteiger charge is 2.07. The van der Waals surface area contributed by atoms with E-state index in [9.17, 15) is 0 Å². The molecule has 0 aromatic heterocycles. The molecule has 1 unspecified atom stereocenters. The first-order chi connectivity index (χ1) is 6.60. The van der Waals surface area contributed by atoms with Gasteiger partial charge in [-0.05, 0) is 37.8 Å². The van der Waals surface area contributed by atoms with Crippen molar-refractivity contribution in [1.82, 2.24) is 4.90 Å². The zero-order valence-electron chi connectivity index (χ0n) is 10.2. The minimum Gasteiger partial charge on any atom is -0.303 e. The van der Waals surface area contributed by atoms with E-state index in [0.717, 1.165) is 24.1 Å². The summed E-state index contributed by atoms with van der Waals surface area (Å²) >= 11 is 5.72. The van der Waals surface area contributed by atoms with Gasteiger partial charge in [0.05, 0.1) is 0 Å². The Bertz CT molecular complexity index is 125. The van der Waals surface area contributed by atoms with Crippen LogP contribution in [-0.2, 0) is 0 Å². The van der Waals surface area contributed by atoms with Crippen LogP contribution in [0.25, 0.3) is 0 Å². The average molecular weight is 220 g/mol. The van der Waals surface area contributed by atoms with Gasteiger partial charge in [-0.1, -0.05) is 27.7 Å². The van der Waals surface area contributed by atoms with Crippen LogP contribution >= 0.6 is 11.6 Å². The Kier molecular flexibility index (Phi) is 8.70. The van der Waals surface area contributed by atoms with Crippen molar-refractivity contribution in [3.63, 3.8) is 0 Å². The number of hydrogen-bond acceptors (Lipinski definition) is 1. The standard InChI is InChI=1S/C12H26ClN/c1-5-14(10-11(2)3)9-7-12(4)6-8-13/h11-12H,5-10H2,1-4H3. The predicted molar refractivity (Wildman–Crippen MR) is 66.1 cm³/mol. The summed E-state index contributed by atoms with van der Waals surface area (Å²) in [4.78, 5) is 2.54. The maximum Gasteiger partial charge on any atom is 0.0225 e. The van der Waals surface area contributed by atoms with Crippen LogP contribution in [0.4, 0.5) is 0 Å². The van der Waals surface area contributed by atoms with E-state index in [1.165, 1.54) is 26.1 Å². The highest BCUT2D eigenvalue weighted by atomic mass is 35.5. The summed E-state index contributed by atoms with van der Waals surface area (Å²) in [5.41, 5.74) is 0. The SMILES string of the molecule is CCN(CCC(C)CCCl)CC(C)C. The lowest BCUT2D eigenvalue weighted by Gasteiger charge is -2.23. The summed E-state index contributed by atoms with van der Waals surface area (Å²) < 4.78 is 0. The topological polar surface area (TPSA) is 3.24 Å². The molecular formula is C12H26ClN. The van der Waals surface area contributed by atoms with Gasteiger partial charge in [0.15, 0.2) is 0 Å². The van der Waals surface area contributed by atoms with E-state index < -0.39 is 0 Å². The van der Waals surface area contributed by atoms with Gasteiger partial charge in [0.2, 0.25) is 0 Å². The summed E-state index contributed by atoms with van der Waals surface area (Å²) in [6.45, 7) is 12.7. The molecule has 14 heavy (non-hydrogen) atoms. The van der Waals surface area contributed by atoms with Gasteiger partial charge in [0.1, 0.15) is 0 Å². The van der Waals surface area contributed by atoms with Gasteiger partial charge < -0.3 is 4.90 Å². The van der Waals surface area contributed by atoms with Crippen molar-refractivity contribution < 1.29 is 0 Å². The lowest BCUT2D eigenvalue weighted by atomic mass is 10.0. The summed E-state index contributed by atoms with van der Waals surface area (Å²) in [6.07, 6.45) is 2.44. The summed E-state index contributed by atoms with van der Waals surface area (Å²) in [7, 11) is 0. The summed E-state index contributed by atoms with van der Waals surface area (Å²) in [5.74, 6) is 2.35. The highest BCUT2D eigenvalue weighted by Crippen LogP contribution is 2.10. The van der Waals surface area contributed by atoms with Crippen LogP contribution in [-0.4, -0.2) is 30.4 Å². The first-order valence-corrected chi connectivity index (χ1v) is 6.41. The first kappa shape index (κ1) is 14.2. The third kappa shape index (κ3) is 7.64. The van der Waals surface area contributed by atoms with Crippen molar-refractivity contribution in [1.29, 1.82) is 0 Å². The normalized spacial score (nSPS) is 13.9. The minimum absolute atomic E-state index is 0.772. The fourth-order valence-corrected chi connectivity index (χ4v) is 2.00. The van der Waals surface area contributed by atoms with E-state index in [1.54, 1.807) is 0 Å². The van der Waals surface area contributed by atoms with Crippen LogP contribution in [0.15, 0.2) is 0 Å². The Morgan fingerprint density at radius 1 is 1.14 bits per heavy atom. The second-order valence-electron chi connectivity index (χ2n) is 4.66. The lowest BCUT2D eigenvalue weighted by Crippen LogP contribution is -2.29. The van der Waals surface area contributed by atoms with E-state index in [1.807, 2.05) is 0 Å². The Labute approximate surface area is 94.8 Å². The quantitative estimate of drug-likeness (QED) is 0.564. The van der Waals surface area contributed by atoms with Crippen LogP contribution in [0.3, 0.4) is 0 Å². The molecule has 0 N–H and O–H groups in total. The van der Waals surface area contributed by atoms with E-state index >= 15 is 0 Å². The van der Waals surface area contributed by atoms with E-state index in [0.29, 0.717) is 0 Å². The maximum absolute atomic E-state index is 5.72. The number of rotatable bonds is 8. The Hall–Kier alpha value is 0.250. The Morgan fingerprint density at radius 3 is 2.21 bits per heavy atom. The molecule has 0 fully saturated rings. The van der Waals surface area contributed by atoms with Gasteiger partial charge in [0, 0.05) is 12.4 Å².